The minimum Gasteiger partial charge on any atom is -0.398 e. The van der Waals surface area contributed by atoms with E-state index in [1.807, 2.05) is 73.7 Å². The monoisotopic (exact) mass is 634 g/mol. The summed E-state index contributed by atoms with van der Waals surface area (Å²) in [5.74, 6) is 1.01. The lowest BCUT2D eigenvalue weighted by atomic mass is 9.67. The van der Waals surface area contributed by atoms with Gasteiger partial charge in [-0.3, -0.25) is 4.99 Å². The van der Waals surface area contributed by atoms with Gasteiger partial charge in [0.2, 0.25) is 0 Å². The Morgan fingerprint density at radius 2 is 1.08 bits per heavy atom. The van der Waals surface area contributed by atoms with Crippen LogP contribution in [0.1, 0.15) is 51.4 Å². The van der Waals surface area contributed by atoms with Gasteiger partial charge in [0.05, 0.1) is 12.0 Å². The van der Waals surface area contributed by atoms with E-state index in [0.29, 0.717) is 18.2 Å². The molecule has 0 saturated carbocycles. The van der Waals surface area contributed by atoms with Crippen molar-refractivity contribution in [3.63, 3.8) is 0 Å². The second kappa shape index (κ2) is 13.8. The Kier molecular flexibility index (Phi) is 8.86. The van der Waals surface area contributed by atoms with Gasteiger partial charge in [-0.1, -0.05) is 170 Å². The molecule has 4 heteroatoms. The minimum absolute atomic E-state index is 0.413. The molecule has 0 fully saturated rings. The Balaban J connectivity index is 1.32. The Morgan fingerprint density at radius 1 is 0.571 bits per heavy atom. The first-order valence-corrected chi connectivity index (χ1v) is 16.6. The molecule has 6 aromatic rings. The van der Waals surface area contributed by atoms with Crippen molar-refractivity contribution in [2.75, 3.05) is 0 Å². The minimum atomic E-state index is -0.537. The number of rotatable bonds is 8. The van der Waals surface area contributed by atoms with E-state index in [0.717, 1.165) is 33.5 Å². The van der Waals surface area contributed by atoms with Gasteiger partial charge in [-0.15, -0.1) is 0 Å². The van der Waals surface area contributed by atoms with Crippen molar-refractivity contribution in [1.82, 2.24) is 0 Å². The lowest BCUT2D eigenvalue weighted by Crippen LogP contribution is -2.29. The van der Waals surface area contributed by atoms with Gasteiger partial charge in [0.1, 0.15) is 5.84 Å². The SMILES string of the molecule is C/C=C\C=C(/N)c1ccc(C2(c3ccc(C(N)=NC(=NCc4ccccc4)c4ccccc4)cc3)c3ccccc3-c3ccccc32)cc1. The Hall–Kier alpha value is -6.26. The van der Waals surface area contributed by atoms with Crippen molar-refractivity contribution in [3.05, 3.63) is 220 Å². The van der Waals surface area contributed by atoms with E-state index < -0.39 is 5.41 Å². The summed E-state index contributed by atoms with van der Waals surface area (Å²) in [5, 5.41) is 0. The highest BCUT2D eigenvalue weighted by Gasteiger charge is 2.45. The van der Waals surface area contributed by atoms with Gasteiger partial charge in [-0.05, 0) is 57.5 Å². The molecule has 0 radical (unpaired) electrons. The second-order valence-electron chi connectivity index (χ2n) is 12.1. The van der Waals surface area contributed by atoms with Gasteiger partial charge in [0, 0.05) is 16.8 Å². The first-order chi connectivity index (χ1) is 24.1. The number of nitrogens with zero attached hydrogens (tertiary/aromatic N) is 2. The first-order valence-electron chi connectivity index (χ1n) is 16.6. The summed E-state index contributed by atoms with van der Waals surface area (Å²) < 4.78 is 0. The van der Waals surface area contributed by atoms with Gasteiger partial charge < -0.3 is 11.5 Å². The molecular formula is C45H38N4. The van der Waals surface area contributed by atoms with Gasteiger partial charge in [0.25, 0.3) is 0 Å². The summed E-state index contributed by atoms with van der Waals surface area (Å²) in [4.78, 5) is 9.76. The molecule has 4 nitrogen and oxygen atoms in total. The molecule has 0 heterocycles. The maximum Gasteiger partial charge on any atom is 0.157 e. The van der Waals surface area contributed by atoms with Crippen LogP contribution in [0.5, 0.6) is 0 Å². The van der Waals surface area contributed by atoms with Crippen LogP contribution < -0.4 is 11.5 Å². The predicted octanol–water partition coefficient (Wildman–Crippen LogP) is 9.28. The molecule has 0 bridgehead atoms. The first kappa shape index (κ1) is 31.3. The molecule has 0 atom stereocenters. The number of fused-ring (bicyclic) bond motifs is 3. The maximum atomic E-state index is 6.73. The molecule has 7 rings (SSSR count). The highest BCUT2D eigenvalue weighted by Crippen LogP contribution is 2.56. The van der Waals surface area contributed by atoms with Crippen molar-refractivity contribution in [2.24, 2.45) is 21.5 Å². The second-order valence-corrected chi connectivity index (χ2v) is 12.1. The molecule has 0 spiro atoms. The summed E-state index contributed by atoms with van der Waals surface area (Å²) in [5.41, 5.74) is 24.5. The average molecular weight is 635 g/mol. The van der Waals surface area contributed by atoms with E-state index in [9.17, 15) is 0 Å². The smallest absolute Gasteiger partial charge is 0.157 e. The Labute approximate surface area is 288 Å². The number of aliphatic imine (C=N–C) groups is 2. The van der Waals surface area contributed by atoms with Gasteiger partial charge in [-0.2, -0.15) is 0 Å². The highest BCUT2D eigenvalue weighted by molar-refractivity contribution is 6.11. The highest BCUT2D eigenvalue weighted by atomic mass is 15.0. The number of nitrogens with two attached hydrogens (primary N) is 2. The topological polar surface area (TPSA) is 76.8 Å². The van der Waals surface area contributed by atoms with E-state index in [1.54, 1.807) is 0 Å². The summed E-state index contributed by atoms with van der Waals surface area (Å²) >= 11 is 0. The number of amidine groups is 2. The van der Waals surface area contributed by atoms with Gasteiger partial charge in [0.15, 0.2) is 5.84 Å². The van der Waals surface area contributed by atoms with Crippen molar-refractivity contribution in [2.45, 2.75) is 18.9 Å². The Morgan fingerprint density at radius 3 is 1.65 bits per heavy atom. The third kappa shape index (κ3) is 6.01. The third-order valence-corrected chi connectivity index (χ3v) is 9.20. The van der Waals surface area contributed by atoms with Crippen LogP contribution in [-0.2, 0) is 12.0 Å². The molecule has 0 aliphatic heterocycles. The van der Waals surface area contributed by atoms with Crippen LogP contribution in [0.2, 0.25) is 0 Å². The van der Waals surface area contributed by atoms with Crippen LogP contribution in [0, 0.1) is 0 Å². The van der Waals surface area contributed by atoms with Gasteiger partial charge in [-0.25, -0.2) is 4.99 Å². The largest absolute Gasteiger partial charge is 0.398 e. The lowest BCUT2D eigenvalue weighted by molar-refractivity contribution is 0.768. The lowest BCUT2D eigenvalue weighted by Gasteiger charge is -2.34. The summed E-state index contributed by atoms with van der Waals surface area (Å²) in [6, 6.07) is 54.8. The molecule has 49 heavy (non-hydrogen) atoms. The molecule has 238 valence electrons. The maximum absolute atomic E-state index is 6.73. The van der Waals surface area contributed by atoms with Crippen molar-refractivity contribution >= 4 is 17.4 Å². The van der Waals surface area contributed by atoms with Gasteiger partial charge >= 0.3 is 0 Å². The predicted molar refractivity (Wildman–Crippen MR) is 205 cm³/mol. The number of allylic oxidation sites excluding steroid dienone is 3. The molecular weight excluding hydrogens is 597 g/mol. The van der Waals surface area contributed by atoms with E-state index in [2.05, 4.69) is 109 Å². The quantitative estimate of drug-likeness (QED) is 0.0993. The van der Waals surface area contributed by atoms with Crippen LogP contribution >= 0.6 is 0 Å². The normalized spacial score (nSPS) is 14.1. The molecule has 0 unspecified atom stereocenters. The average Bonchev–Trinajstić information content (AvgIpc) is 3.47. The van der Waals surface area contributed by atoms with E-state index in [-0.39, 0.29) is 0 Å². The van der Waals surface area contributed by atoms with Crippen LogP contribution in [0.25, 0.3) is 16.8 Å². The number of benzene rings is 6. The summed E-state index contributed by atoms with van der Waals surface area (Å²) in [6.07, 6.45) is 5.87. The molecule has 6 aromatic carbocycles. The fourth-order valence-electron chi connectivity index (χ4n) is 6.83. The van der Waals surface area contributed by atoms with E-state index in [4.69, 9.17) is 21.5 Å². The van der Waals surface area contributed by atoms with Crippen molar-refractivity contribution in [3.8, 4) is 11.1 Å². The molecule has 0 saturated heterocycles. The van der Waals surface area contributed by atoms with Crippen molar-refractivity contribution in [1.29, 1.82) is 0 Å². The van der Waals surface area contributed by atoms with Crippen LogP contribution in [0.15, 0.2) is 186 Å². The molecule has 1 aliphatic carbocycles. The molecule has 4 N–H and O–H groups in total. The summed E-state index contributed by atoms with van der Waals surface area (Å²) in [7, 11) is 0. The fraction of sp³-hybridized carbons (Fsp3) is 0.0667. The zero-order valence-electron chi connectivity index (χ0n) is 27.5. The zero-order valence-corrected chi connectivity index (χ0v) is 27.5. The molecule has 0 amide bonds. The summed E-state index contributed by atoms with van der Waals surface area (Å²) in [6.45, 7) is 2.50. The van der Waals surface area contributed by atoms with Crippen molar-refractivity contribution < 1.29 is 0 Å². The van der Waals surface area contributed by atoms with E-state index in [1.165, 1.54) is 27.8 Å². The van der Waals surface area contributed by atoms with Crippen LogP contribution in [-0.4, -0.2) is 11.7 Å². The molecule has 1 aliphatic rings. The van der Waals surface area contributed by atoms with Crippen LogP contribution in [0.3, 0.4) is 0 Å². The fourth-order valence-corrected chi connectivity index (χ4v) is 6.83. The molecule has 0 aromatic heterocycles. The van der Waals surface area contributed by atoms with Crippen LogP contribution in [0.4, 0.5) is 0 Å². The number of hydrogen-bond acceptors (Lipinski definition) is 2. The third-order valence-electron chi connectivity index (χ3n) is 9.20. The van der Waals surface area contributed by atoms with E-state index >= 15 is 0 Å². The zero-order chi connectivity index (χ0) is 33.6. The number of hydrogen-bond donors (Lipinski definition) is 2. The standard InChI is InChI=1S/C45H38N4/c1-2-3-22-42(46)33-23-27-36(28-24-33)45(40-20-12-10-18-38(40)39-19-11-13-21-41(39)45)37-29-25-34(26-30-37)43(47)49-44(35-16-8-5-9-17-35)48-31-32-14-6-4-7-15-32/h2-30H,31,46H2,1H3,(H2,47,48,49)/b3-2-,42-22-. The Bertz CT molecular complexity index is 2150.